The molecule has 0 aliphatic carbocycles. The van der Waals surface area contributed by atoms with Crippen LogP contribution in [0.15, 0.2) is 24.3 Å². The van der Waals surface area contributed by atoms with Gasteiger partial charge in [-0.25, -0.2) is 0 Å². The van der Waals surface area contributed by atoms with Crippen LogP contribution in [0.25, 0.3) is 0 Å². The van der Waals surface area contributed by atoms with Crippen molar-refractivity contribution >= 4 is 0 Å². The maximum Gasteiger partial charge on any atom is 0.0193 e. The van der Waals surface area contributed by atoms with Crippen LogP contribution in [-0.4, -0.2) is 25.7 Å². The van der Waals surface area contributed by atoms with Crippen molar-refractivity contribution in [2.24, 2.45) is 5.92 Å². The molecule has 1 aliphatic rings. The van der Waals surface area contributed by atoms with E-state index in [1.807, 2.05) is 0 Å². The molecule has 106 valence electrons. The SMILES string of the molecule is CC(C)Cc1ccc(CCNC2CCCNC2)cc1. The summed E-state index contributed by atoms with van der Waals surface area (Å²) in [5.74, 6) is 0.742. The third-order valence-corrected chi connectivity index (χ3v) is 3.81. The summed E-state index contributed by atoms with van der Waals surface area (Å²) in [7, 11) is 0. The van der Waals surface area contributed by atoms with Crippen LogP contribution in [0.4, 0.5) is 0 Å². The molecular weight excluding hydrogens is 232 g/mol. The van der Waals surface area contributed by atoms with Gasteiger partial charge in [0.15, 0.2) is 0 Å². The van der Waals surface area contributed by atoms with Crippen LogP contribution in [-0.2, 0) is 12.8 Å². The Morgan fingerprint density at radius 2 is 1.95 bits per heavy atom. The van der Waals surface area contributed by atoms with Gasteiger partial charge in [-0.3, -0.25) is 0 Å². The molecule has 0 spiro atoms. The first-order chi connectivity index (χ1) is 9.24. The van der Waals surface area contributed by atoms with Gasteiger partial charge in [-0.1, -0.05) is 38.1 Å². The van der Waals surface area contributed by atoms with Gasteiger partial charge >= 0.3 is 0 Å². The van der Waals surface area contributed by atoms with Gasteiger partial charge in [0.25, 0.3) is 0 Å². The summed E-state index contributed by atoms with van der Waals surface area (Å²) in [6, 6.07) is 9.83. The van der Waals surface area contributed by atoms with E-state index in [4.69, 9.17) is 0 Å². The summed E-state index contributed by atoms with van der Waals surface area (Å²) in [5, 5.41) is 7.10. The van der Waals surface area contributed by atoms with Crippen LogP contribution >= 0.6 is 0 Å². The number of nitrogens with one attached hydrogen (secondary N) is 2. The fraction of sp³-hybridized carbons (Fsp3) is 0.647. The van der Waals surface area contributed by atoms with Gasteiger partial charge in [0, 0.05) is 12.6 Å². The second kappa shape index (κ2) is 7.66. The molecule has 0 aromatic heterocycles. The minimum Gasteiger partial charge on any atom is -0.315 e. The lowest BCUT2D eigenvalue weighted by Crippen LogP contribution is -2.43. The van der Waals surface area contributed by atoms with Gasteiger partial charge in [0.1, 0.15) is 0 Å². The van der Waals surface area contributed by atoms with E-state index >= 15 is 0 Å². The summed E-state index contributed by atoms with van der Waals surface area (Å²) in [4.78, 5) is 0. The topological polar surface area (TPSA) is 24.1 Å². The second-order valence-corrected chi connectivity index (χ2v) is 6.16. The van der Waals surface area contributed by atoms with E-state index < -0.39 is 0 Å². The lowest BCUT2D eigenvalue weighted by atomic mass is 10.0. The van der Waals surface area contributed by atoms with E-state index in [-0.39, 0.29) is 0 Å². The first-order valence-corrected chi connectivity index (χ1v) is 7.76. The molecule has 0 amide bonds. The average molecular weight is 260 g/mol. The third-order valence-electron chi connectivity index (χ3n) is 3.81. The summed E-state index contributed by atoms with van der Waals surface area (Å²) in [6.07, 6.45) is 4.95. The largest absolute Gasteiger partial charge is 0.315 e. The number of benzene rings is 1. The summed E-state index contributed by atoms with van der Waals surface area (Å²) in [5.41, 5.74) is 2.91. The van der Waals surface area contributed by atoms with Crippen molar-refractivity contribution in [2.45, 2.75) is 45.6 Å². The third kappa shape index (κ3) is 5.33. The van der Waals surface area contributed by atoms with E-state index in [2.05, 4.69) is 48.7 Å². The maximum absolute atomic E-state index is 3.65. The molecule has 1 atom stereocenters. The second-order valence-electron chi connectivity index (χ2n) is 6.16. The Labute approximate surface area is 118 Å². The molecule has 2 heteroatoms. The van der Waals surface area contributed by atoms with E-state index in [9.17, 15) is 0 Å². The summed E-state index contributed by atoms with van der Waals surface area (Å²) < 4.78 is 0. The van der Waals surface area contributed by atoms with E-state index in [0.29, 0.717) is 6.04 Å². The normalized spacial score (nSPS) is 19.8. The molecule has 2 rings (SSSR count). The van der Waals surface area contributed by atoms with Crippen molar-refractivity contribution in [1.29, 1.82) is 0 Å². The number of piperidine rings is 1. The Morgan fingerprint density at radius 3 is 2.58 bits per heavy atom. The van der Waals surface area contributed by atoms with Crippen molar-refractivity contribution < 1.29 is 0 Å². The molecule has 0 radical (unpaired) electrons. The molecule has 1 unspecified atom stereocenters. The van der Waals surface area contributed by atoms with Gasteiger partial charge in [-0.2, -0.15) is 0 Å². The first kappa shape index (κ1) is 14.5. The van der Waals surface area contributed by atoms with Crippen LogP contribution in [0.5, 0.6) is 0 Å². The minimum atomic E-state index is 0.675. The summed E-state index contributed by atoms with van der Waals surface area (Å²) in [6.45, 7) is 7.96. The van der Waals surface area contributed by atoms with E-state index in [1.165, 1.54) is 36.9 Å². The van der Waals surface area contributed by atoms with Gasteiger partial charge in [0.05, 0.1) is 0 Å². The van der Waals surface area contributed by atoms with Gasteiger partial charge in [-0.05, 0) is 55.8 Å². The van der Waals surface area contributed by atoms with Crippen LogP contribution < -0.4 is 10.6 Å². The Morgan fingerprint density at radius 1 is 1.21 bits per heavy atom. The molecule has 1 aromatic rings. The standard InChI is InChI=1S/C17H28N2/c1-14(2)12-16-7-5-15(6-8-16)9-11-19-17-4-3-10-18-13-17/h5-8,14,17-19H,3-4,9-13H2,1-2H3. The molecule has 0 saturated carbocycles. The van der Waals surface area contributed by atoms with Crippen LogP contribution in [0.1, 0.15) is 37.8 Å². The predicted octanol–water partition coefficient (Wildman–Crippen LogP) is 2.77. The molecule has 1 fully saturated rings. The van der Waals surface area contributed by atoms with Crippen molar-refractivity contribution in [1.82, 2.24) is 10.6 Å². The number of hydrogen-bond donors (Lipinski definition) is 2. The first-order valence-electron chi connectivity index (χ1n) is 7.76. The van der Waals surface area contributed by atoms with Crippen molar-refractivity contribution in [3.63, 3.8) is 0 Å². The highest BCUT2D eigenvalue weighted by Crippen LogP contribution is 2.10. The number of rotatable bonds is 6. The molecule has 1 aliphatic heterocycles. The smallest absolute Gasteiger partial charge is 0.0193 e. The Balaban J connectivity index is 1.70. The highest BCUT2D eigenvalue weighted by molar-refractivity contribution is 5.23. The molecule has 1 heterocycles. The van der Waals surface area contributed by atoms with Crippen molar-refractivity contribution in [3.05, 3.63) is 35.4 Å². The Bertz CT molecular complexity index is 350. The van der Waals surface area contributed by atoms with Crippen molar-refractivity contribution in [2.75, 3.05) is 19.6 Å². The minimum absolute atomic E-state index is 0.675. The number of hydrogen-bond acceptors (Lipinski definition) is 2. The maximum atomic E-state index is 3.65. The van der Waals surface area contributed by atoms with Crippen LogP contribution in [0, 0.1) is 5.92 Å². The zero-order valence-electron chi connectivity index (χ0n) is 12.4. The van der Waals surface area contributed by atoms with Crippen LogP contribution in [0.2, 0.25) is 0 Å². The molecule has 2 N–H and O–H groups in total. The Kier molecular flexibility index (Phi) is 5.87. The van der Waals surface area contributed by atoms with E-state index in [0.717, 1.165) is 25.4 Å². The van der Waals surface area contributed by atoms with Crippen LogP contribution in [0.3, 0.4) is 0 Å². The summed E-state index contributed by atoms with van der Waals surface area (Å²) >= 11 is 0. The highest BCUT2D eigenvalue weighted by atomic mass is 15.0. The molecule has 0 bridgehead atoms. The zero-order chi connectivity index (χ0) is 13.5. The highest BCUT2D eigenvalue weighted by Gasteiger charge is 2.11. The fourth-order valence-corrected chi connectivity index (χ4v) is 2.76. The van der Waals surface area contributed by atoms with Gasteiger partial charge < -0.3 is 10.6 Å². The average Bonchev–Trinajstić information content (AvgIpc) is 2.41. The fourth-order valence-electron chi connectivity index (χ4n) is 2.76. The molecule has 2 nitrogen and oxygen atoms in total. The Hall–Kier alpha value is -0.860. The zero-order valence-corrected chi connectivity index (χ0v) is 12.4. The quantitative estimate of drug-likeness (QED) is 0.822. The molecular formula is C17H28N2. The van der Waals surface area contributed by atoms with Crippen molar-refractivity contribution in [3.8, 4) is 0 Å². The predicted molar refractivity (Wildman–Crippen MR) is 82.6 cm³/mol. The monoisotopic (exact) mass is 260 g/mol. The molecule has 1 saturated heterocycles. The van der Waals surface area contributed by atoms with Gasteiger partial charge in [-0.15, -0.1) is 0 Å². The molecule has 1 aromatic carbocycles. The molecule has 19 heavy (non-hydrogen) atoms. The van der Waals surface area contributed by atoms with E-state index in [1.54, 1.807) is 0 Å². The lowest BCUT2D eigenvalue weighted by molar-refractivity contribution is 0.392. The van der Waals surface area contributed by atoms with Gasteiger partial charge in [0.2, 0.25) is 0 Å². The lowest BCUT2D eigenvalue weighted by Gasteiger charge is -2.23.